The first-order valence-electron chi connectivity index (χ1n) is 8.05. The van der Waals surface area contributed by atoms with E-state index >= 15 is 0 Å². The lowest BCUT2D eigenvalue weighted by Gasteiger charge is -2.48. The number of likely N-dealkylation sites (N-methyl/N-ethyl adjacent to an activating group) is 1. The Labute approximate surface area is 121 Å². The fourth-order valence-corrected chi connectivity index (χ4v) is 4.36. The summed E-state index contributed by atoms with van der Waals surface area (Å²) in [6.45, 7) is 2.51. The number of aryl methyl sites for hydroxylation is 1. The minimum absolute atomic E-state index is 0.268. The van der Waals surface area contributed by atoms with E-state index in [2.05, 4.69) is 27.6 Å². The molecule has 112 valence electrons. The Morgan fingerprint density at radius 2 is 1.85 bits per heavy atom. The van der Waals surface area contributed by atoms with E-state index in [9.17, 15) is 0 Å². The van der Waals surface area contributed by atoms with Gasteiger partial charge in [0, 0.05) is 12.6 Å². The summed E-state index contributed by atoms with van der Waals surface area (Å²) in [5.74, 6) is 0. The summed E-state index contributed by atoms with van der Waals surface area (Å²) in [6.07, 6.45) is 11.3. The Kier molecular flexibility index (Phi) is 4.08. The van der Waals surface area contributed by atoms with Crippen LogP contribution in [0.1, 0.15) is 56.7 Å². The molecular formula is C15H27N5. The Bertz CT molecular complexity index is 429. The zero-order valence-electron chi connectivity index (χ0n) is 12.8. The molecule has 2 fully saturated rings. The van der Waals surface area contributed by atoms with Crippen LogP contribution in [0.3, 0.4) is 0 Å². The third-order valence-electron chi connectivity index (χ3n) is 5.33. The second-order valence-corrected chi connectivity index (χ2v) is 6.36. The van der Waals surface area contributed by atoms with Crippen LogP contribution in [0.5, 0.6) is 0 Å². The van der Waals surface area contributed by atoms with E-state index in [4.69, 9.17) is 0 Å². The Morgan fingerprint density at radius 3 is 2.40 bits per heavy atom. The molecule has 1 aliphatic heterocycles. The fraction of sp³-hybridized carbons (Fsp3) is 0.867. The largest absolute Gasteiger partial charge is 0.310 e. The van der Waals surface area contributed by atoms with E-state index in [0.717, 1.165) is 0 Å². The number of nitrogens with one attached hydrogen (secondary N) is 1. The van der Waals surface area contributed by atoms with Crippen molar-refractivity contribution in [2.45, 2.75) is 56.5 Å². The Hall–Kier alpha value is -0.940. The molecule has 0 spiro atoms. The van der Waals surface area contributed by atoms with E-state index in [-0.39, 0.29) is 5.54 Å². The van der Waals surface area contributed by atoms with Crippen LogP contribution in [0.2, 0.25) is 0 Å². The Morgan fingerprint density at radius 1 is 1.15 bits per heavy atom. The fourth-order valence-electron chi connectivity index (χ4n) is 4.36. The number of likely N-dealkylation sites (tertiary alicyclic amines) is 1. The van der Waals surface area contributed by atoms with E-state index in [1.165, 1.54) is 63.7 Å². The highest BCUT2D eigenvalue weighted by Gasteiger charge is 2.47. The number of nitrogens with zero attached hydrogens (tertiary/aromatic N) is 4. The highest BCUT2D eigenvalue weighted by atomic mass is 15.4. The van der Waals surface area contributed by atoms with Crippen molar-refractivity contribution in [3.63, 3.8) is 0 Å². The van der Waals surface area contributed by atoms with Crippen molar-refractivity contribution >= 4 is 0 Å². The zero-order chi connectivity index (χ0) is 14.0. The number of hydrogen-bond acceptors (Lipinski definition) is 4. The third kappa shape index (κ3) is 2.27. The standard InChI is InChI=1S/C15H27N5/c1-16-14(13-12-17-18-19(13)2)15(8-4-5-9-15)20-10-6-3-7-11-20/h12,14,16H,3-11H2,1-2H3. The van der Waals surface area contributed by atoms with Crippen LogP contribution in [0.25, 0.3) is 0 Å². The molecule has 1 atom stereocenters. The Balaban J connectivity index is 1.93. The lowest BCUT2D eigenvalue weighted by Crippen LogP contribution is -2.56. The van der Waals surface area contributed by atoms with Gasteiger partial charge in [0.25, 0.3) is 0 Å². The molecule has 1 saturated heterocycles. The molecule has 2 aliphatic rings. The summed E-state index contributed by atoms with van der Waals surface area (Å²) in [4.78, 5) is 2.76. The van der Waals surface area contributed by atoms with Gasteiger partial charge in [-0.3, -0.25) is 9.58 Å². The molecule has 0 aromatic carbocycles. The summed E-state index contributed by atoms with van der Waals surface area (Å²) in [6, 6.07) is 0.336. The molecule has 1 aromatic heterocycles. The molecule has 1 saturated carbocycles. The van der Waals surface area contributed by atoms with Gasteiger partial charge >= 0.3 is 0 Å². The van der Waals surface area contributed by atoms with Gasteiger partial charge in [0.15, 0.2) is 0 Å². The van der Waals surface area contributed by atoms with Crippen molar-refractivity contribution < 1.29 is 0 Å². The molecule has 1 aromatic rings. The van der Waals surface area contributed by atoms with Gasteiger partial charge < -0.3 is 5.32 Å². The monoisotopic (exact) mass is 277 g/mol. The van der Waals surface area contributed by atoms with E-state index < -0.39 is 0 Å². The number of rotatable bonds is 4. The first-order chi connectivity index (χ1) is 9.78. The van der Waals surface area contributed by atoms with Gasteiger partial charge in [0.1, 0.15) is 0 Å². The molecule has 5 nitrogen and oxygen atoms in total. The third-order valence-corrected chi connectivity index (χ3v) is 5.33. The maximum absolute atomic E-state index is 4.14. The van der Waals surface area contributed by atoms with Gasteiger partial charge in [-0.2, -0.15) is 0 Å². The lowest BCUT2D eigenvalue weighted by molar-refractivity contribution is 0.0360. The van der Waals surface area contributed by atoms with Crippen LogP contribution in [-0.2, 0) is 7.05 Å². The first kappa shape index (κ1) is 14.0. The predicted molar refractivity (Wildman–Crippen MR) is 79.4 cm³/mol. The van der Waals surface area contributed by atoms with Crippen LogP contribution < -0.4 is 5.32 Å². The van der Waals surface area contributed by atoms with Crippen molar-refractivity contribution in [1.82, 2.24) is 25.2 Å². The van der Waals surface area contributed by atoms with Gasteiger partial charge in [0.05, 0.1) is 17.9 Å². The lowest BCUT2D eigenvalue weighted by atomic mass is 9.83. The topological polar surface area (TPSA) is 46.0 Å². The SMILES string of the molecule is CNC(c1cnnn1C)C1(N2CCCCC2)CCCC1. The quantitative estimate of drug-likeness (QED) is 0.912. The number of piperidine rings is 1. The highest BCUT2D eigenvalue weighted by Crippen LogP contribution is 2.45. The summed E-state index contributed by atoms with van der Waals surface area (Å²) in [5, 5.41) is 11.8. The number of hydrogen-bond donors (Lipinski definition) is 1. The van der Waals surface area contributed by atoms with Gasteiger partial charge in [-0.25, -0.2) is 0 Å². The van der Waals surface area contributed by atoms with Crippen LogP contribution >= 0.6 is 0 Å². The van der Waals surface area contributed by atoms with Crippen LogP contribution in [0.15, 0.2) is 6.20 Å². The molecule has 0 radical (unpaired) electrons. The molecule has 0 amide bonds. The maximum atomic E-state index is 4.14. The van der Waals surface area contributed by atoms with Crippen molar-refractivity contribution in [3.05, 3.63) is 11.9 Å². The van der Waals surface area contributed by atoms with E-state index in [1.807, 2.05) is 17.9 Å². The minimum atomic E-state index is 0.268. The molecule has 5 heteroatoms. The predicted octanol–water partition coefficient (Wildman–Crippen LogP) is 1.87. The minimum Gasteiger partial charge on any atom is -0.310 e. The van der Waals surface area contributed by atoms with Crippen molar-refractivity contribution in [2.24, 2.45) is 7.05 Å². The normalized spacial score (nSPS) is 24.9. The first-order valence-corrected chi connectivity index (χ1v) is 8.05. The summed E-state index contributed by atoms with van der Waals surface area (Å²) < 4.78 is 1.94. The smallest absolute Gasteiger partial charge is 0.0772 e. The molecule has 1 N–H and O–H groups in total. The molecular weight excluding hydrogens is 250 g/mol. The van der Waals surface area contributed by atoms with Crippen molar-refractivity contribution in [2.75, 3.05) is 20.1 Å². The van der Waals surface area contributed by atoms with Crippen molar-refractivity contribution in [3.8, 4) is 0 Å². The van der Waals surface area contributed by atoms with Gasteiger partial charge in [0.2, 0.25) is 0 Å². The average Bonchev–Trinajstić information content (AvgIpc) is 3.12. The van der Waals surface area contributed by atoms with Gasteiger partial charge in [-0.15, -0.1) is 5.10 Å². The van der Waals surface area contributed by atoms with Gasteiger partial charge in [-0.05, 0) is 45.8 Å². The zero-order valence-corrected chi connectivity index (χ0v) is 12.8. The second-order valence-electron chi connectivity index (χ2n) is 6.36. The van der Waals surface area contributed by atoms with Crippen LogP contribution in [0, 0.1) is 0 Å². The van der Waals surface area contributed by atoms with Crippen LogP contribution in [-0.4, -0.2) is 45.6 Å². The van der Waals surface area contributed by atoms with E-state index in [0.29, 0.717) is 6.04 Å². The maximum Gasteiger partial charge on any atom is 0.0772 e. The highest BCUT2D eigenvalue weighted by molar-refractivity contribution is 5.15. The molecule has 20 heavy (non-hydrogen) atoms. The van der Waals surface area contributed by atoms with Gasteiger partial charge in [-0.1, -0.05) is 24.5 Å². The number of aromatic nitrogens is 3. The van der Waals surface area contributed by atoms with E-state index in [1.54, 1.807) is 0 Å². The summed E-state index contributed by atoms with van der Waals surface area (Å²) in [7, 11) is 4.09. The van der Waals surface area contributed by atoms with Crippen molar-refractivity contribution in [1.29, 1.82) is 0 Å². The molecule has 0 bridgehead atoms. The second kappa shape index (κ2) is 5.82. The average molecular weight is 277 g/mol. The molecule has 3 rings (SSSR count). The van der Waals surface area contributed by atoms with Crippen LogP contribution in [0.4, 0.5) is 0 Å². The molecule has 1 aliphatic carbocycles. The molecule has 1 unspecified atom stereocenters. The molecule has 2 heterocycles. The summed E-state index contributed by atoms with van der Waals surface area (Å²) in [5.41, 5.74) is 1.49. The summed E-state index contributed by atoms with van der Waals surface area (Å²) >= 11 is 0.